The summed E-state index contributed by atoms with van der Waals surface area (Å²) in [5.74, 6) is 0.178. The van der Waals surface area contributed by atoms with Gasteiger partial charge in [0.25, 0.3) is 10.0 Å². The number of urea groups is 1. The number of carbonyl (C=O) groups excluding carboxylic acids is 1. The number of hydrogen-bond acceptors (Lipinski definition) is 6. The topological polar surface area (TPSA) is 115 Å². The molecule has 0 spiro atoms. The monoisotopic (exact) mass is 403 g/mol. The molecule has 0 unspecified atom stereocenters. The highest BCUT2D eigenvalue weighted by molar-refractivity contribution is 7.90. The molecule has 0 saturated heterocycles. The Morgan fingerprint density at radius 2 is 1.79 bits per heavy atom. The van der Waals surface area contributed by atoms with Crippen LogP contribution in [0, 0.1) is 0 Å². The molecule has 0 saturated carbocycles. The average molecular weight is 403 g/mol. The summed E-state index contributed by atoms with van der Waals surface area (Å²) in [7, 11) is -4.14. The minimum absolute atomic E-state index is 0.178. The van der Waals surface area contributed by atoms with Gasteiger partial charge in [0.1, 0.15) is 0 Å². The summed E-state index contributed by atoms with van der Waals surface area (Å²) in [5.41, 5.74) is 4.86. The predicted octanol–water partition coefficient (Wildman–Crippen LogP) is 1.55. The van der Waals surface area contributed by atoms with Gasteiger partial charge in [0.05, 0.1) is 18.6 Å². The number of anilines is 1. The fraction of sp³-hybridized carbons (Fsp3) is 0.500. The van der Waals surface area contributed by atoms with E-state index in [4.69, 9.17) is 9.72 Å². The number of nitrogens with one attached hydrogen (secondary N) is 2. The highest BCUT2D eigenvalue weighted by Crippen LogP contribution is 2.36. The molecule has 10 heteroatoms. The van der Waals surface area contributed by atoms with Crippen LogP contribution in [0.2, 0.25) is 0 Å². The molecule has 148 valence electrons. The number of carbonyl (C=O) groups is 1. The predicted molar refractivity (Wildman–Crippen MR) is 100.0 cm³/mol. The standard InChI is InChI=1S/C18H21N5O4S/c24-18(22-28(25,26)16-17-23(10-19-16)8-3-9-27-17)21-15-11-4-1-6-13(11)20-14-7-2-5-12(14)15/h10H,1-9H2,(H2,20,21,22,24). The highest BCUT2D eigenvalue weighted by Gasteiger charge is 2.31. The van der Waals surface area contributed by atoms with Gasteiger partial charge in [0.2, 0.25) is 10.9 Å². The number of hydrogen-bond donors (Lipinski definition) is 2. The molecule has 1 aliphatic heterocycles. The van der Waals surface area contributed by atoms with Crippen LogP contribution < -0.4 is 14.8 Å². The molecule has 0 aromatic carbocycles. The second-order valence-electron chi connectivity index (χ2n) is 7.35. The number of nitrogens with zero attached hydrogens (tertiary/aromatic N) is 3. The van der Waals surface area contributed by atoms with Crippen molar-refractivity contribution in [2.24, 2.45) is 0 Å². The van der Waals surface area contributed by atoms with Crippen LogP contribution in [0.4, 0.5) is 10.5 Å². The largest absolute Gasteiger partial charge is 0.477 e. The number of ether oxygens (including phenoxy) is 1. The zero-order valence-electron chi connectivity index (χ0n) is 15.3. The molecule has 2 aromatic rings. The van der Waals surface area contributed by atoms with E-state index in [9.17, 15) is 13.2 Å². The van der Waals surface area contributed by atoms with E-state index in [1.54, 1.807) is 4.57 Å². The van der Waals surface area contributed by atoms with Crippen molar-refractivity contribution >= 4 is 21.7 Å². The van der Waals surface area contributed by atoms with Crippen molar-refractivity contribution in [2.45, 2.75) is 56.5 Å². The van der Waals surface area contributed by atoms with Crippen molar-refractivity contribution in [3.05, 3.63) is 28.8 Å². The van der Waals surface area contributed by atoms with Gasteiger partial charge in [0, 0.05) is 17.9 Å². The van der Waals surface area contributed by atoms with Gasteiger partial charge in [0.15, 0.2) is 0 Å². The van der Waals surface area contributed by atoms with Crippen molar-refractivity contribution in [1.82, 2.24) is 19.3 Å². The summed E-state index contributed by atoms with van der Waals surface area (Å²) in [6.07, 6.45) is 7.69. The Bertz CT molecular complexity index is 1040. The summed E-state index contributed by atoms with van der Waals surface area (Å²) >= 11 is 0. The van der Waals surface area contributed by atoms with E-state index in [-0.39, 0.29) is 10.9 Å². The van der Waals surface area contributed by atoms with Crippen molar-refractivity contribution in [1.29, 1.82) is 0 Å². The van der Waals surface area contributed by atoms with Gasteiger partial charge in [-0.3, -0.25) is 4.98 Å². The van der Waals surface area contributed by atoms with Crippen molar-refractivity contribution < 1.29 is 17.9 Å². The zero-order valence-corrected chi connectivity index (χ0v) is 16.1. The minimum atomic E-state index is -4.14. The smallest absolute Gasteiger partial charge is 0.333 e. The first kappa shape index (κ1) is 17.5. The van der Waals surface area contributed by atoms with Gasteiger partial charge in [-0.1, -0.05) is 0 Å². The third kappa shape index (κ3) is 2.83. The molecule has 0 fully saturated rings. The lowest BCUT2D eigenvalue weighted by molar-refractivity contribution is 0.234. The molecule has 2 aromatic heterocycles. The third-order valence-corrected chi connectivity index (χ3v) is 6.75. The molecule has 2 N–H and O–H groups in total. The van der Waals surface area contributed by atoms with Crippen LogP contribution in [0.25, 0.3) is 0 Å². The van der Waals surface area contributed by atoms with Crippen molar-refractivity contribution in [3.8, 4) is 5.88 Å². The van der Waals surface area contributed by atoms with Gasteiger partial charge in [-0.25, -0.2) is 14.5 Å². The van der Waals surface area contributed by atoms with Gasteiger partial charge < -0.3 is 14.6 Å². The second-order valence-corrected chi connectivity index (χ2v) is 8.95. The van der Waals surface area contributed by atoms with Crippen LogP contribution in [-0.4, -0.2) is 35.6 Å². The van der Waals surface area contributed by atoms with E-state index in [0.717, 1.165) is 73.1 Å². The van der Waals surface area contributed by atoms with Crippen LogP contribution in [0.1, 0.15) is 41.8 Å². The number of amides is 2. The molecule has 2 aliphatic carbocycles. The Hall–Kier alpha value is -2.62. The van der Waals surface area contributed by atoms with Crippen molar-refractivity contribution in [3.63, 3.8) is 0 Å². The summed E-state index contributed by atoms with van der Waals surface area (Å²) in [6.45, 7) is 1.06. The maximum Gasteiger partial charge on any atom is 0.333 e. The number of pyridine rings is 1. The van der Waals surface area contributed by atoms with Crippen LogP contribution in [-0.2, 0) is 42.3 Å². The van der Waals surface area contributed by atoms with E-state index in [2.05, 4.69) is 15.0 Å². The molecule has 3 heterocycles. The number of sulfonamides is 1. The summed E-state index contributed by atoms with van der Waals surface area (Å²) < 4.78 is 34.6. The van der Waals surface area contributed by atoms with Gasteiger partial charge in [-0.2, -0.15) is 8.42 Å². The first-order valence-electron chi connectivity index (χ1n) is 9.58. The Balaban J connectivity index is 1.41. The normalized spacial score (nSPS) is 17.4. The number of aromatic nitrogens is 3. The van der Waals surface area contributed by atoms with Gasteiger partial charge in [-0.05, 0) is 56.1 Å². The number of imidazole rings is 1. The van der Waals surface area contributed by atoms with Crippen LogP contribution >= 0.6 is 0 Å². The Morgan fingerprint density at radius 3 is 2.50 bits per heavy atom. The maximum absolute atomic E-state index is 12.7. The highest BCUT2D eigenvalue weighted by atomic mass is 32.2. The third-order valence-electron chi connectivity index (χ3n) is 5.51. The van der Waals surface area contributed by atoms with E-state index in [1.165, 1.54) is 6.33 Å². The molecule has 0 radical (unpaired) electrons. The number of aryl methyl sites for hydroxylation is 3. The second kappa shape index (κ2) is 6.47. The molecule has 2 amide bonds. The fourth-order valence-electron chi connectivity index (χ4n) is 4.29. The quantitative estimate of drug-likeness (QED) is 0.803. The van der Waals surface area contributed by atoms with E-state index < -0.39 is 16.1 Å². The van der Waals surface area contributed by atoms with Crippen LogP contribution in [0.15, 0.2) is 11.4 Å². The Morgan fingerprint density at radius 1 is 1.07 bits per heavy atom. The average Bonchev–Trinajstić information content (AvgIpc) is 3.39. The molecule has 3 aliphatic rings. The first-order valence-corrected chi connectivity index (χ1v) is 11.1. The molecular weight excluding hydrogens is 382 g/mol. The van der Waals surface area contributed by atoms with Gasteiger partial charge >= 0.3 is 6.03 Å². The fourth-order valence-corrected chi connectivity index (χ4v) is 5.27. The lowest BCUT2D eigenvalue weighted by Gasteiger charge is -2.17. The summed E-state index contributed by atoms with van der Waals surface area (Å²) in [4.78, 5) is 21.3. The molecule has 28 heavy (non-hydrogen) atoms. The summed E-state index contributed by atoms with van der Waals surface area (Å²) in [6, 6.07) is -0.785. The lowest BCUT2D eigenvalue weighted by atomic mass is 10.1. The SMILES string of the molecule is O=C(Nc1c2c(nc3c1CCC3)CCC2)NS(=O)(=O)c1ncn2c1OCCC2. The van der Waals surface area contributed by atoms with Gasteiger partial charge in [-0.15, -0.1) is 0 Å². The molecule has 5 rings (SSSR count). The maximum atomic E-state index is 12.7. The minimum Gasteiger partial charge on any atom is -0.477 e. The number of fused-ring (bicyclic) bond motifs is 3. The summed E-state index contributed by atoms with van der Waals surface area (Å²) in [5, 5.41) is 2.54. The Kier molecular flexibility index (Phi) is 4.04. The number of rotatable bonds is 3. The molecule has 0 bridgehead atoms. The Labute approximate surface area is 162 Å². The lowest BCUT2D eigenvalue weighted by Crippen LogP contribution is -2.35. The molecule has 0 atom stereocenters. The molecular formula is C18H21N5O4S. The van der Waals surface area contributed by atoms with Crippen LogP contribution in [0.3, 0.4) is 0 Å². The molecule has 9 nitrogen and oxygen atoms in total. The first-order chi connectivity index (χ1) is 13.5. The zero-order chi connectivity index (χ0) is 19.3. The van der Waals surface area contributed by atoms with Crippen LogP contribution in [0.5, 0.6) is 5.88 Å². The van der Waals surface area contributed by atoms with E-state index in [0.29, 0.717) is 13.2 Å². The van der Waals surface area contributed by atoms with E-state index >= 15 is 0 Å². The van der Waals surface area contributed by atoms with E-state index in [1.807, 2.05) is 0 Å². The van der Waals surface area contributed by atoms with Crippen molar-refractivity contribution in [2.75, 3.05) is 11.9 Å².